The molecule has 0 fully saturated rings. The largest absolute Gasteiger partial charge is 0.374 e. The van der Waals surface area contributed by atoms with Gasteiger partial charge in [0.15, 0.2) is 0 Å². The maximum atomic E-state index is 11.1. The van der Waals surface area contributed by atoms with Gasteiger partial charge in [-0.1, -0.05) is 32.9 Å². The van der Waals surface area contributed by atoms with E-state index in [2.05, 4.69) is 43.0 Å². The molecule has 0 saturated heterocycles. The maximum Gasteiger partial charge on any atom is 0.127 e. The molecule has 1 unspecified atom stereocenters. The topological polar surface area (TPSA) is 20.3 Å². The summed E-state index contributed by atoms with van der Waals surface area (Å²) in [5.74, 6) is 0. The molecule has 0 bridgehead atoms. The lowest BCUT2D eigenvalue weighted by atomic mass is 9.89. The van der Waals surface area contributed by atoms with Crippen LogP contribution in [0.2, 0.25) is 0 Å². The van der Waals surface area contributed by atoms with Gasteiger partial charge in [0.2, 0.25) is 0 Å². The molecule has 1 atom stereocenters. The van der Waals surface area contributed by atoms with Gasteiger partial charge in [-0.25, -0.2) is 0 Å². The Hall–Kier alpha value is -1.31. The summed E-state index contributed by atoms with van der Waals surface area (Å²) in [5.41, 5.74) is 2.26. The molecule has 0 N–H and O–H groups in total. The highest BCUT2D eigenvalue weighted by Gasteiger charge is 2.23. The summed E-state index contributed by atoms with van der Waals surface area (Å²) >= 11 is 0. The first kappa shape index (κ1) is 13.8. The first-order valence-electron chi connectivity index (χ1n) is 6.31. The predicted octanol–water partition coefficient (Wildman–Crippen LogP) is 3.30. The molecule has 94 valence electrons. The van der Waals surface area contributed by atoms with Crippen molar-refractivity contribution in [2.45, 2.75) is 33.6 Å². The van der Waals surface area contributed by atoms with Crippen LogP contribution < -0.4 is 4.90 Å². The van der Waals surface area contributed by atoms with Crippen LogP contribution in [-0.2, 0) is 11.2 Å². The monoisotopic (exact) mass is 233 g/mol. The van der Waals surface area contributed by atoms with Crippen LogP contribution in [0, 0.1) is 5.41 Å². The number of aryl methyl sites for hydroxylation is 1. The van der Waals surface area contributed by atoms with Crippen molar-refractivity contribution in [3.05, 3.63) is 29.8 Å². The Bertz CT molecular complexity index is 358. The van der Waals surface area contributed by atoms with Crippen molar-refractivity contribution in [1.82, 2.24) is 0 Å². The molecule has 0 amide bonds. The molecule has 0 saturated carbocycles. The first-order chi connectivity index (χ1) is 8.04. The Morgan fingerprint density at radius 1 is 1.24 bits per heavy atom. The molecule has 0 aliphatic rings. The maximum absolute atomic E-state index is 11.1. The van der Waals surface area contributed by atoms with Crippen LogP contribution in [0.3, 0.4) is 0 Å². The van der Waals surface area contributed by atoms with Gasteiger partial charge in [-0.3, -0.25) is 0 Å². The minimum atomic E-state index is -0.252. The number of hydrogen-bond acceptors (Lipinski definition) is 2. The van der Waals surface area contributed by atoms with Crippen LogP contribution in [0.25, 0.3) is 0 Å². The van der Waals surface area contributed by atoms with Gasteiger partial charge in [-0.05, 0) is 30.5 Å². The first-order valence-corrected chi connectivity index (χ1v) is 6.31. The third-order valence-electron chi connectivity index (χ3n) is 3.48. The fraction of sp³-hybridized carbons (Fsp3) is 0.533. The van der Waals surface area contributed by atoms with E-state index in [1.54, 1.807) is 0 Å². The van der Waals surface area contributed by atoms with Gasteiger partial charge < -0.3 is 9.69 Å². The predicted molar refractivity (Wildman–Crippen MR) is 73.6 cm³/mol. The summed E-state index contributed by atoms with van der Waals surface area (Å²) < 4.78 is 0. The summed E-state index contributed by atoms with van der Waals surface area (Å²) in [6.07, 6.45) is 3.00. The number of carbonyl (C=O) groups is 1. The lowest BCUT2D eigenvalue weighted by Crippen LogP contribution is -2.34. The Labute approximate surface area is 105 Å². The van der Waals surface area contributed by atoms with Gasteiger partial charge in [0, 0.05) is 24.7 Å². The van der Waals surface area contributed by atoms with Gasteiger partial charge in [0.1, 0.15) is 6.29 Å². The normalized spacial score (nSPS) is 14.1. The Balaban J connectivity index is 2.75. The van der Waals surface area contributed by atoms with Crippen molar-refractivity contribution in [1.29, 1.82) is 0 Å². The molecule has 2 nitrogen and oxygen atoms in total. The summed E-state index contributed by atoms with van der Waals surface area (Å²) in [6.45, 7) is 6.98. The van der Waals surface area contributed by atoms with Gasteiger partial charge in [0.05, 0.1) is 0 Å². The van der Waals surface area contributed by atoms with E-state index >= 15 is 0 Å². The second kappa shape index (κ2) is 5.85. The lowest BCUT2D eigenvalue weighted by Gasteiger charge is -2.29. The highest BCUT2D eigenvalue weighted by Crippen LogP contribution is 2.23. The number of benzene rings is 1. The minimum absolute atomic E-state index is 0.252. The molecule has 0 radical (unpaired) electrons. The quantitative estimate of drug-likeness (QED) is 0.703. The average molecular weight is 233 g/mol. The van der Waals surface area contributed by atoms with Crippen molar-refractivity contribution in [3.8, 4) is 0 Å². The molecule has 1 aromatic rings. The molecule has 1 rings (SSSR count). The third-order valence-corrected chi connectivity index (χ3v) is 3.48. The highest BCUT2D eigenvalue weighted by molar-refractivity contribution is 5.61. The van der Waals surface area contributed by atoms with Gasteiger partial charge in [-0.2, -0.15) is 0 Å². The Morgan fingerprint density at radius 3 is 2.24 bits per heavy atom. The van der Waals surface area contributed by atoms with Crippen molar-refractivity contribution < 1.29 is 4.79 Å². The number of rotatable bonds is 6. The van der Waals surface area contributed by atoms with E-state index in [9.17, 15) is 4.79 Å². The van der Waals surface area contributed by atoms with Crippen molar-refractivity contribution in [3.63, 3.8) is 0 Å². The van der Waals surface area contributed by atoms with E-state index in [1.165, 1.54) is 11.3 Å². The van der Waals surface area contributed by atoms with Crippen LogP contribution in [-0.4, -0.2) is 19.9 Å². The average Bonchev–Trinajstić information content (AvgIpc) is 2.38. The van der Waals surface area contributed by atoms with E-state index in [0.717, 1.165) is 25.7 Å². The van der Waals surface area contributed by atoms with Crippen molar-refractivity contribution in [2.75, 3.05) is 18.5 Å². The van der Waals surface area contributed by atoms with Crippen LogP contribution in [0.15, 0.2) is 24.3 Å². The zero-order valence-corrected chi connectivity index (χ0v) is 11.4. The van der Waals surface area contributed by atoms with Crippen molar-refractivity contribution in [2.24, 2.45) is 5.41 Å². The molecule has 0 spiro atoms. The van der Waals surface area contributed by atoms with Crippen LogP contribution in [0.5, 0.6) is 0 Å². The molecule has 0 aromatic heterocycles. The number of nitrogens with zero attached hydrogens (tertiary/aromatic N) is 1. The molecule has 0 aliphatic carbocycles. The zero-order chi connectivity index (χ0) is 12.9. The standard InChI is InChI=1S/C15H23NO/c1-5-13-7-9-14(10-8-13)16(4)11-15(3,6-2)12-17/h7-10,12H,5-6,11H2,1-4H3. The van der Waals surface area contributed by atoms with E-state index < -0.39 is 0 Å². The number of aldehydes is 1. The zero-order valence-electron chi connectivity index (χ0n) is 11.4. The molecule has 2 heteroatoms. The molecule has 17 heavy (non-hydrogen) atoms. The summed E-state index contributed by atoms with van der Waals surface area (Å²) in [4.78, 5) is 13.2. The van der Waals surface area contributed by atoms with Gasteiger partial charge in [0.25, 0.3) is 0 Å². The van der Waals surface area contributed by atoms with Gasteiger partial charge in [-0.15, -0.1) is 0 Å². The number of hydrogen-bond donors (Lipinski definition) is 0. The fourth-order valence-electron chi connectivity index (χ4n) is 1.85. The molecule has 0 heterocycles. The molecule has 0 aliphatic heterocycles. The summed E-state index contributed by atoms with van der Waals surface area (Å²) in [5, 5.41) is 0. The summed E-state index contributed by atoms with van der Waals surface area (Å²) in [7, 11) is 2.04. The number of carbonyl (C=O) groups excluding carboxylic acids is 1. The van der Waals surface area contributed by atoms with E-state index in [-0.39, 0.29) is 5.41 Å². The fourth-order valence-corrected chi connectivity index (χ4v) is 1.85. The SMILES string of the molecule is CCc1ccc(N(C)CC(C)(C=O)CC)cc1. The second-order valence-electron chi connectivity index (χ2n) is 5.00. The third kappa shape index (κ3) is 3.58. The highest BCUT2D eigenvalue weighted by atomic mass is 16.1. The second-order valence-corrected chi connectivity index (χ2v) is 5.00. The Kier molecular flexibility index (Phi) is 4.73. The summed E-state index contributed by atoms with van der Waals surface area (Å²) in [6, 6.07) is 8.55. The lowest BCUT2D eigenvalue weighted by molar-refractivity contribution is -0.115. The molecular weight excluding hydrogens is 210 g/mol. The smallest absolute Gasteiger partial charge is 0.127 e. The Morgan fingerprint density at radius 2 is 1.82 bits per heavy atom. The van der Waals surface area contributed by atoms with E-state index in [4.69, 9.17) is 0 Å². The minimum Gasteiger partial charge on any atom is -0.374 e. The van der Waals surface area contributed by atoms with Crippen LogP contribution >= 0.6 is 0 Å². The number of anilines is 1. The molecule has 1 aromatic carbocycles. The van der Waals surface area contributed by atoms with E-state index in [1.807, 2.05) is 14.0 Å². The van der Waals surface area contributed by atoms with Crippen molar-refractivity contribution >= 4 is 12.0 Å². The van der Waals surface area contributed by atoms with E-state index in [0.29, 0.717) is 0 Å². The van der Waals surface area contributed by atoms with Crippen LogP contribution in [0.1, 0.15) is 32.8 Å². The van der Waals surface area contributed by atoms with Gasteiger partial charge >= 0.3 is 0 Å². The van der Waals surface area contributed by atoms with Crippen LogP contribution in [0.4, 0.5) is 5.69 Å². The molecular formula is C15H23NO.